The average molecular weight is 445 g/mol. The van der Waals surface area contributed by atoms with Gasteiger partial charge in [-0.3, -0.25) is 14.5 Å². The van der Waals surface area contributed by atoms with Gasteiger partial charge in [0.25, 0.3) is 5.91 Å². The lowest BCUT2D eigenvalue weighted by atomic mass is 10.2. The van der Waals surface area contributed by atoms with Crippen LogP contribution < -0.4 is 10.2 Å². The zero-order valence-electron chi connectivity index (χ0n) is 12.6. The van der Waals surface area contributed by atoms with Gasteiger partial charge in [-0.05, 0) is 57.0 Å². The first-order valence-corrected chi connectivity index (χ1v) is 8.41. The Labute approximate surface area is 150 Å². The highest BCUT2D eigenvalue weighted by Gasteiger charge is 2.24. The summed E-state index contributed by atoms with van der Waals surface area (Å²) in [5, 5.41) is 2.67. The standard InChI is InChI=1S/C15H15Br2N3O3/c1-9-7-12(17)23-14(9)15(22)20(6-5-18-10(2)21)13-4-3-11(16)8-19-13/h3-4,7-8H,5-6H2,1-2H3,(H,18,21). The lowest BCUT2D eigenvalue weighted by Gasteiger charge is -2.21. The first-order valence-electron chi connectivity index (χ1n) is 6.82. The molecule has 0 saturated heterocycles. The number of nitrogens with one attached hydrogen (secondary N) is 1. The number of rotatable bonds is 5. The third-order valence-electron chi connectivity index (χ3n) is 3.02. The average Bonchev–Trinajstić information content (AvgIpc) is 2.83. The molecule has 23 heavy (non-hydrogen) atoms. The number of hydrogen-bond donors (Lipinski definition) is 1. The Bertz CT molecular complexity index is 713. The van der Waals surface area contributed by atoms with Crippen molar-refractivity contribution in [1.82, 2.24) is 10.3 Å². The fourth-order valence-corrected chi connectivity index (χ4v) is 2.71. The van der Waals surface area contributed by atoms with E-state index in [0.717, 1.165) is 10.0 Å². The first-order chi connectivity index (χ1) is 10.9. The fraction of sp³-hybridized carbons (Fsp3) is 0.267. The summed E-state index contributed by atoms with van der Waals surface area (Å²) < 4.78 is 6.73. The van der Waals surface area contributed by atoms with Gasteiger partial charge in [0.15, 0.2) is 10.4 Å². The summed E-state index contributed by atoms with van der Waals surface area (Å²) in [7, 11) is 0. The number of anilines is 1. The summed E-state index contributed by atoms with van der Waals surface area (Å²) in [6, 6.07) is 5.25. The van der Waals surface area contributed by atoms with E-state index in [0.29, 0.717) is 17.0 Å². The number of nitrogens with zero attached hydrogens (tertiary/aromatic N) is 2. The lowest BCUT2D eigenvalue weighted by molar-refractivity contribution is -0.118. The molecule has 0 bridgehead atoms. The van der Waals surface area contributed by atoms with Gasteiger partial charge >= 0.3 is 0 Å². The van der Waals surface area contributed by atoms with E-state index in [-0.39, 0.29) is 24.1 Å². The van der Waals surface area contributed by atoms with Crippen LogP contribution >= 0.6 is 31.9 Å². The molecular weight excluding hydrogens is 430 g/mol. The fourth-order valence-electron chi connectivity index (χ4n) is 1.97. The maximum absolute atomic E-state index is 12.8. The molecule has 0 atom stereocenters. The van der Waals surface area contributed by atoms with Gasteiger partial charge in [-0.15, -0.1) is 0 Å². The number of hydrogen-bond acceptors (Lipinski definition) is 4. The highest BCUT2D eigenvalue weighted by atomic mass is 79.9. The van der Waals surface area contributed by atoms with Crippen molar-refractivity contribution in [2.45, 2.75) is 13.8 Å². The zero-order valence-corrected chi connectivity index (χ0v) is 15.8. The molecule has 2 amide bonds. The molecule has 0 spiro atoms. The van der Waals surface area contributed by atoms with Crippen molar-refractivity contribution >= 4 is 49.5 Å². The van der Waals surface area contributed by atoms with Crippen molar-refractivity contribution < 1.29 is 14.0 Å². The third kappa shape index (κ3) is 4.65. The van der Waals surface area contributed by atoms with Crippen molar-refractivity contribution in [3.63, 3.8) is 0 Å². The molecule has 0 aromatic carbocycles. The van der Waals surface area contributed by atoms with E-state index in [9.17, 15) is 9.59 Å². The minimum absolute atomic E-state index is 0.155. The maximum atomic E-state index is 12.8. The SMILES string of the molecule is CC(=O)NCCN(C(=O)c1oc(Br)cc1C)c1ccc(Br)cn1. The molecule has 6 nitrogen and oxygen atoms in total. The predicted molar refractivity (Wildman–Crippen MR) is 93.4 cm³/mol. The number of aromatic nitrogens is 1. The molecule has 8 heteroatoms. The molecular formula is C15H15Br2N3O3. The van der Waals surface area contributed by atoms with E-state index in [1.54, 1.807) is 31.3 Å². The molecule has 0 aliphatic carbocycles. The molecule has 0 saturated carbocycles. The van der Waals surface area contributed by atoms with Gasteiger partial charge in [-0.2, -0.15) is 0 Å². The summed E-state index contributed by atoms with van der Waals surface area (Å²) in [5.74, 6) is 0.256. The molecule has 2 aromatic rings. The van der Waals surface area contributed by atoms with Crippen LogP contribution in [0.4, 0.5) is 5.82 Å². The number of furan rings is 1. The van der Waals surface area contributed by atoms with E-state index in [4.69, 9.17) is 4.42 Å². The summed E-state index contributed by atoms with van der Waals surface area (Å²) >= 11 is 6.54. The maximum Gasteiger partial charge on any atom is 0.295 e. The topological polar surface area (TPSA) is 75.4 Å². The highest BCUT2D eigenvalue weighted by Crippen LogP contribution is 2.23. The van der Waals surface area contributed by atoms with Gasteiger partial charge in [-0.25, -0.2) is 4.98 Å². The van der Waals surface area contributed by atoms with E-state index < -0.39 is 0 Å². The number of amides is 2. The van der Waals surface area contributed by atoms with Gasteiger partial charge in [0.1, 0.15) is 5.82 Å². The normalized spacial score (nSPS) is 10.4. The van der Waals surface area contributed by atoms with Crippen LogP contribution in [0, 0.1) is 6.92 Å². The van der Waals surface area contributed by atoms with E-state index in [2.05, 4.69) is 42.2 Å². The van der Waals surface area contributed by atoms with E-state index in [1.165, 1.54) is 11.8 Å². The summed E-state index contributed by atoms with van der Waals surface area (Å²) in [6.45, 7) is 3.82. The number of halogens is 2. The summed E-state index contributed by atoms with van der Waals surface area (Å²) in [5.41, 5.74) is 0.725. The Balaban J connectivity index is 2.28. The van der Waals surface area contributed by atoms with Crippen molar-refractivity contribution in [2.24, 2.45) is 0 Å². The van der Waals surface area contributed by atoms with Crippen molar-refractivity contribution in [3.8, 4) is 0 Å². The van der Waals surface area contributed by atoms with Crippen LogP contribution in [0.5, 0.6) is 0 Å². The van der Waals surface area contributed by atoms with Gasteiger partial charge in [0, 0.05) is 36.2 Å². The van der Waals surface area contributed by atoms with Crippen molar-refractivity contribution in [2.75, 3.05) is 18.0 Å². The quantitative estimate of drug-likeness (QED) is 0.767. The largest absolute Gasteiger partial charge is 0.444 e. The number of pyridine rings is 1. The molecule has 0 radical (unpaired) electrons. The first kappa shape index (κ1) is 17.7. The van der Waals surface area contributed by atoms with Gasteiger partial charge < -0.3 is 9.73 Å². The predicted octanol–water partition coefficient (Wildman–Crippen LogP) is 3.29. The van der Waals surface area contributed by atoms with Gasteiger partial charge in [-0.1, -0.05) is 0 Å². The second kappa shape index (κ2) is 7.74. The minimum Gasteiger partial charge on any atom is -0.444 e. The number of aryl methyl sites for hydroxylation is 1. The second-order valence-electron chi connectivity index (χ2n) is 4.84. The minimum atomic E-state index is -0.312. The Hall–Kier alpha value is -1.67. The van der Waals surface area contributed by atoms with Crippen LogP contribution in [-0.2, 0) is 4.79 Å². The molecule has 0 fully saturated rings. The highest BCUT2D eigenvalue weighted by molar-refractivity contribution is 9.10. The number of carbonyl (C=O) groups is 2. The molecule has 2 heterocycles. The summed E-state index contributed by atoms with van der Waals surface area (Å²) in [6.07, 6.45) is 1.61. The molecule has 0 aliphatic heterocycles. The summed E-state index contributed by atoms with van der Waals surface area (Å²) in [4.78, 5) is 29.6. The third-order valence-corrected chi connectivity index (χ3v) is 3.88. The van der Waals surface area contributed by atoms with Crippen LogP contribution in [-0.4, -0.2) is 29.9 Å². The Morgan fingerprint density at radius 3 is 2.61 bits per heavy atom. The van der Waals surface area contributed by atoms with Crippen LogP contribution in [0.25, 0.3) is 0 Å². The van der Waals surface area contributed by atoms with Gasteiger partial charge in [0.2, 0.25) is 5.91 Å². The Morgan fingerprint density at radius 2 is 2.09 bits per heavy atom. The second-order valence-corrected chi connectivity index (χ2v) is 6.53. The lowest BCUT2D eigenvalue weighted by Crippen LogP contribution is -2.38. The zero-order chi connectivity index (χ0) is 17.0. The molecule has 2 aromatic heterocycles. The van der Waals surface area contributed by atoms with Crippen molar-refractivity contribution in [1.29, 1.82) is 0 Å². The molecule has 0 aliphatic rings. The molecule has 1 N–H and O–H groups in total. The van der Waals surface area contributed by atoms with Crippen molar-refractivity contribution in [3.05, 3.63) is 44.9 Å². The van der Waals surface area contributed by atoms with Crippen LogP contribution in [0.3, 0.4) is 0 Å². The van der Waals surface area contributed by atoms with Crippen LogP contribution in [0.1, 0.15) is 23.0 Å². The monoisotopic (exact) mass is 443 g/mol. The smallest absolute Gasteiger partial charge is 0.295 e. The van der Waals surface area contributed by atoms with E-state index >= 15 is 0 Å². The van der Waals surface area contributed by atoms with Gasteiger partial charge in [0.05, 0.1) is 0 Å². The van der Waals surface area contributed by atoms with E-state index in [1.807, 2.05) is 0 Å². The van der Waals surface area contributed by atoms with Crippen LogP contribution in [0.2, 0.25) is 0 Å². The number of carbonyl (C=O) groups excluding carboxylic acids is 2. The van der Waals surface area contributed by atoms with Crippen LogP contribution in [0.15, 0.2) is 38.0 Å². The molecule has 0 unspecified atom stereocenters. The molecule has 2 rings (SSSR count). The Morgan fingerprint density at radius 1 is 1.35 bits per heavy atom. The molecule has 122 valence electrons. The Kier molecular flexibility index (Phi) is 5.95.